The fraction of sp³-hybridized carbons (Fsp3) is 0.190. The molecule has 0 fully saturated rings. The van der Waals surface area contributed by atoms with Gasteiger partial charge in [-0.3, -0.25) is 9.59 Å². The predicted molar refractivity (Wildman–Crippen MR) is 105 cm³/mol. The number of para-hydroxylation sites is 1. The van der Waals surface area contributed by atoms with Crippen LogP contribution in [0.5, 0.6) is 0 Å². The van der Waals surface area contributed by atoms with Gasteiger partial charge in [-0.25, -0.2) is 0 Å². The summed E-state index contributed by atoms with van der Waals surface area (Å²) in [6, 6.07) is 13.0. The molecule has 27 heavy (non-hydrogen) atoms. The first-order valence-corrected chi connectivity index (χ1v) is 8.85. The van der Waals surface area contributed by atoms with E-state index in [9.17, 15) is 9.59 Å². The van der Waals surface area contributed by atoms with Gasteiger partial charge in [0.25, 0.3) is 5.56 Å². The number of carbonyl (C=O) groups is 1. The SMILES string of the molecule is CCc1c(C)c2ccc(NC(=O)Cc3noc4ccccc34)cc2[nH]c1=O. The zero-order valence-corrected chi connectivity index (χ0v) is 15.1. The molecule has 0 aliphatic rings. The smallest absolute Gasteiger partial charge is 0.251 e. The van der Waals surface area contributed by atoms with Crippen LogP contribution in [0.2, 0.25) is 0 Å². The van der Waals surface area contributed by atoms with Gasteiger partial charge in [0.15, 0.2) is 5.58 Å². The Balaban J connectivity index is 1.59. The zero-order valence-electron chi connectivity index (χ0n) is 15.1. The lowest BCUT2D eigenvalue weighted by molar-refractivity contribution is -0.115. The van der Waals surface area contributed by atoms with Crippen molar-refractivity contribution >= 4 is 33.5 Å². The molecule has 2 N–H and O–H groups in total. The number of anilines is 1. The lowest BCUT2D eigenvalue weighted by Crippen LogP contribution is -2.16. The lowest BCUT2D eigenvalue weighted by atomic mass is 10.0. The van der Waals surface area contributed by atoms with Crippen LogP contribution in [0.15, 0.2) is 51.8 Å². The summed E-state index contributed by atoms with van der Waals surface area (Å²) < 4.78 is 5.24. The quantitative estimate of drug-likeness (QED) is 0.580. The van der Waals surface area contributed by atoms with E-state index in [1.165, 1.54) is 0 Å². The van der Waals surface area contributed by atoms with Crippen molar-refractivity contribution in [3.63, 3.8) is 0 Å². The highest BCUT2D eigenvalue weighted by Crippen LogP contribution is 2.22. The maximum Gasteiger partial charge on any atom is 0.251 e. The van der Waals surface area contributed by atoms with E-state index in [0.29, 0.717) is 28.9 Å². The molecule has 1 amide bonds. The van der Waals surface area contributed by atoms with Gasteiger partial charge in [0, 0.05) is 22.0 Å². The number of H-pyrrole nitrogens is 1. The number of nitrogens with one attached hydrogen (secondary N) is 2. The Hall–Kier alpha value is -3.41. The Morgan fingerprint density at radius 1 is 1.19 bits per heavy atom. The van der Waals surface area contributed by atoms with E-state index in [4.69, 9.17) is 4.52 Å². The average Bonchev–Trinajstić information content (AvgIpc) is 3.05. The summed E-state index contributed by atoms with van der Waals surface area (Å²) in [6.07, 6.45) is 0.792. The second-order valence-corrected chi connectivity index (χ2v) is 6.52. The lowest BCUT2D eigenvalue weighted by Gasteiger charge is -2.10. The molecule has 0 unspecified atom stereocenters. The number of aromatic amines is 1. The topological polar surface area (TPSA) is 88.0 Å². The van der Waals surface area contributed by atoms with Crippen LogP contribution in [0, 0.1) is 6.92 Å². The third kappa shape index (κ3) is 3.10. The van der Waals surface area contributed by atoms with Crippen LogP contribution in [0.25, 0.3) is 21.9 Å². The van der Waals surface area contributed by atoms with E-state index >= 15 is 0 Å². The minimum atomic E-state index is -0.197. The van der Waals surface area contributed by atoms with Crippen molar-refractivity contribution in [2.45, 2.75) is 26.7 Å². The van der Waals surface area contributed by atoms with Crippen molar-refractivity contribution in [1.29, 1.82) is 0 Å². The van der Waals surface area contributed by atoms with Gasteiger partial charge in [0.1, 0.15) is 5.69 Å². The highest BCUT2D eigenvalue weighted by Gasteiger charge is 2.13. The standard InChI is InChI=1S/C21H19N3O3/c1-3-14-12(2)15-9-8-13(10-17(15)23-21(14)26)22-20(25)11-18-16-6-4-5-7-19(16)27-24-18/h4-10H,3,11H2,1-2H3,(H,22,25)(H,23,26). The number of aromatic nitrogens is 2. The number of fused-ring (bicyclic) bond motifs is 2. The van der Waals surface area contributed by atoms with Crippen LogP contribution in [0.1, 0.15) is 23.7 Å². The van der Waals surface area contributed by atoms with Crippen LogP contribution in [-0.2, 0) is 17.6 Å². The van der Waals surface area contributed by atoms with Crippen LogP contribution in [-0.4, -0.2) is 16.0 Å². The zero-order chi connectivity index (χ0) is 19.0. The molecule has 6 nitrogen and oxygen atoms in total. The number of amides is 1. The number of nitrogens with zero attached hydrogens (tertiary/aromatic N) is 1. The number of benzene rings is 2. The summed E-state index contributed by atoms with van der Waals surface area (Å²) in [5.41, 5.74) is 4.27. The molecule has 2 aromatic carbocycles. The molecule has 6 heteroatoms. The van der Waals surface area contributed by atoms with Crippen molar-refractivity contribution in [2.24, 2.45) is 0 Å². The third-order valence-corrected chi connectivity index (χ3v) is 4.82. The Labute approximate surface area is 155 Å². The van der Waals surface area contributed by atoms with Gasteiger partial charge in [0.05, 0.1) is 11.9 Å². The molecule has 0 bridgehead atoms. The van der Waals surface area contributed by atoms with E-state index in [1.807, 2.05) is 50.2 Å². The molecule has 0 radical (unpaired) electrons. The average molecular weight is 361 g/mol. The number of rotatable bonds is 4. The monoisotopic (exact) mass is 361 g/mol. The van der Waals surface area contributed by atoms with Gasteiger partial charge in [-0.15, -0.1) is 0 Å². The largest absolute Gasteiger partial charge is 0.356 e. The van der Waals surface area contributed by atoms with Gasteiger partial charge in [-0.1, -0.05) is 30.3 Å². The molecule has 0 saturated carbocycles. The molecule has 0 saturated heterocycles. The minimum Gasteiger partial charge on any atom is -0.356 e. The molecular formula is C21H19N3O3. The van der Waals surface area contributed by atoms with E-state index in [2.05, 4.69) is 15.5 Å². The minimum absolute atomic E-state index is 0.0833. The molecule has 2 heterocycles. The van der Waals surface area contributed by atoms with Gasteiger partial charge >= 0.3 is 0 Å². The first-order chi connectivity index (χ1) is 13.1. The predicted octanol–water partition coefficient (Wildman–Crippen LogP) is 3.72. The van der Waals surface area contributed by atoms with Crippen LogP contribution < -0.4 is 10.9 Å². The van der Waals surface area contributed by atoms with E-state index in [0.717, 1.165) is 21.9 Å². The Morgan fingerprint density at radius 3 is 2.81 bits per heavy atom. The number of hydrogen-bond donors (Lipinski definition) is 2. The van der Waals surface area contributed by atoms with Crippen molar-refractivity contribution < 1.29 is 9.32 Å². The van der Waals surface area contributed by atoms with Crippen LogP contribution >= 0.6 is 0 Å². The molecule has 0 spiro atoms. The normalized spacial score (nSPS) is 11.2. The second-order valence-electron chi connectivity index (χ2n) is 6.52. The number of carbonyl (C=O) groups excluding carboxylic acids is 1. The summed E-state index contributed by atoms with van der Waals surface area (Å²) in [5.74, 6) is -0.197. The molecule has 0 aliphatic carbocycles. The van der Waals surface area contributed by atoms with E-state index in [-0.39, 0.29) is 17.9 Å². The first kappa shape index (κ1) is 17.0. The van der Waals surface area contributed by atoms with Crippen molar-refractivity contribution in [3.05, 3.63) is 69.6 Å². The van der Waals surface area contributed by atoms with Crippen LogP contribution in [0.3, 0.4) is 0 Å². The van der Waals surface area contributed by atoms with Gasteiger partial charge in [0.2, 0.25) is 5.91 Å². The fourth-order valence-corrected chi connectivity index (χ4v) is 3.43. The maximum absolute atomic E-state index is 12.4. The number of aryl methyl sites for hydroxylation is 1. The molecule has 0 atom stereocenters. The highest BCUT2D eigenvalue weighted by atomic mass is 16.5. The Morgan fingerprint density at radius 2 is 2.00 bits per heavy atom. The fourth-order valence-electron chi connectivity index (χ4n) is 3.43. The van der Waals surface area contributed by atoms with Gasteiger partial charge < -0.3 is 14.8 Å². The van der Waals surface area contributed by atoms with E-state index in [1.54, 1.807) is 6.07 Å². The van der Waals surface area contributed by atoms with Crippen molar-refractivity contribution in [2.75, 3.05) is 5.32 Å². The second kappa shape index (κ2) is 6.72. The molecule has 136 valence electrons. The van der Waals surface area contributed by atoms with Crippen molar-refractivity contribution in [3.8, 4) is 0 Å². The summed E-state index contributed by atoms with van der Waals surface area (Å²) in [5, 5.41) is 8.66. The number of hydrogen-bond acceptors (Lipinski definition) is 4. The summed E-state index contributed by atoms with van der Waals surface area (Å²) in [6.45, 7) is 3.91. The maximum atomic E-state index is 12.4. The summed E-state index contributed by atoms with van der Waals surface area (Å²) in [4.78, 5) is 27.5. The summed E-state index contributed by atoms with van der Waals surface area (Å²) in [7, 11) is 0. The molecule has 4 aromatic rings. The molecule has 2 aromatic heterocycles. The van der Waals surface area contributed by atoms with Crippen molar-refractivity contribution in [1.82, 2.24) is 10.1 Å². The molecule has 0 aliphatic heterocycles. The highest BCUT2D eigenvalue weighted by molar-refractivity contribution is 5.96. The first-order valence-electron chi connectivity index (χ1n) is 8.85. The van der Waals surface area contributed by atoms with E-state index < -0.39 is 0 Å². The summed E-state index contributed by atoms with van der Waals surface area (Å²) >= 11 is 0. The third-order valence-electron chi connectivity index (χ3n) is 4.82. The molecule has 4 rings (SSSR count). The Bertz CT molecular complexity index is 1220. The Kier molecular flexibility index (Phi) is 4.24. The molecular weight excluding hydrogens is 342 g/mol. The van der Waals surface area contributed by atoms with Gasteiger partial charge in [-0.2, -0.15) is 0 Å². The van der Waals surface area contributed by atoms with Crippen LogP contribution in [0.4, 0.5) is 5.69 Å². The van der Waals surface area contributed by atoms with Gasteiger partial charge in [-0.05, 0) is 43.2 Å². The number of pyridine rings is 1.